The summed E-state index contributed by atoms with van der Waals surface area (Å²) in [5.74, 6) is 0. The Bertz CT molecular complexity index is 371. The van der Waals surface area contributed by atoms with Gasteiger partial charge in [0.25, 0.3) is 0 Å². The van der Waals surface area contributed by atoms with Crippen LogP contribution in [0.3, 0.4) is 0 Å². The van der Waals surface area contributed by atoms with E-state index in [1.54, 1.807) is 24.3 Å². The Morgan fingerprint density at radius 2 is 1.85 bits per heavy atom. The maximum atomic E-state index is 10.6. The molecule has 0 radical (unpaired) electrons. The van der Waals surface area contributed by atoms with Crippen molar-refractivity contribution < 1.29 is 14.2 Å². The highest BCUT2D eigenvalue weighted by Crippen LogP contribution is 2.20. The van der Waals surface area contributed by atoms with Crippen molar-refractivity contribution in [2.24, 2.45) is 5.14 Å². The molecule has 0 aliphatic rings. The zero-order valence-electron chi connectivity index (χ0n) is 6.97. The van der Waals surface area contributed by atoms with E-state index in [1.807, 2.05) is 0 Å². The summed E-state index contributed by atoms with van der Waals surface area (Å²) in [6.45, 7) is 0.662. The Kier molecular flexibility index (Phi) is 2.86. The smallest absolute Gasteiger partial charge is 0.154 e. The summed E-state index contributed by atoms with van der Waals surface area (Å²) < 4.78 is 24.4. The normalized spacial score (nSPS) is 11.2. The lowest BCUT2D eigenvalue weighted by molar-refractivity contribution is -0.386. The summed E-state index contributed by atoms with van der Waals surface area (Å²) >= 11 is 0. The molecule has 6 heteroatoms. The van der Waals surface area contributed by atoms with Gasteiger partial charge in [0, 0.05) is 5.56 Å². The van der Waals surface area contributed by atoms with Crippen molar-refractivity contribution in [2.75, 3.05) is 0 Å². The van der Waals surface area contributed by atoms with E-state index in [-0.39, 0.29) is 0 Å². The van der Waals surface area contributed by atoms with Crippen molar-refractivity contribution in [3.8, 4) is 0 Å². The van der Waals surface area contributed by atoms with E-state index >= 15 is 0 Å². The SMILES string of the molecule is NS(=O)(=O)[N-]c1ccc(C[NH3+])cc1. The molecule has 0 saturated carbocycles. The van der Waals surface area contributed by atoms with Gasteiger partial charge in [-0.1, -0.05) is 24.3 Å². The highest BCUT2D eigenvalue weighted by Gasteiger charge is 1.90. The van der Waals surface area contributed by atoms with Crippen molar-refractivity contribution in [1.82, 2.24) is 0 Å². The molecular formula is C7H11N3O2S. The third kappa shape index (κ3) is 3.41. The highest BCUT2D eigenvalue weighted by atomic mass is 32.2. The molecule has 0 bridgehead atoms. The fraction of sp³-hybridized carbons (Fsp3) is 0.143. The maximum Gasteiger partial charge on any atom is 0.154 e. The van der Waals surface area contributed by atoms with Gasteiger partial charge < -0.3 is 10.5 Å². The van der Waals surface area contributed by atoms with Crippen LogP contribution in [0.4, 0.5) is 5.69 Å². The summed E-state index contributed by atoms with van der Waals surface area (Å²) in [4.78, 5) is 0. The summed E-state index contributed by atoms with van der Waals surface area (Å²) in [6, 6.07) is 6.70. The molecule has 1 aromatic rings. The zero-order valence-corrected chi connectivity index (χ0v) is 7.79. The Hall–Kier alpha value is -1.11. The first-order chi connectivity index (χ1) is 6.01. The standard InChI is InChI=1S/C7H10N3O2S/c8-5-6-1-3-7(4-2-6)10-13(9,11)12/h1-4H,5,8H2,(H2,9,11,12)/q-1/p+1. The molecule has 1 aromatic carbocycles. The van der Waals surface area contributed by atoms with Crippen molar-refractivity contribution in [2.45, 2.75) is 6.54 Å². The van der Waals surface area contributed by atoms with E-state index in [4.69, 9.17) is 5.14 Å². The Balaban J connectivity index is 2.81. The van der Waals surface area contributed by atoms with E-state index in [9.17, 15) is 8.42 Å². The summed E-state index contributed by atoms with van der Waals surface area (Å²) in [5, 5.41) is 4.73. The Morgan fingerprint density at radius 1 is 1.31 bits per heavy atom. The molecule has 0 spiro atoms. The Morgan fingerprint density at radius 3 is 2.23 bits per heavy atom. The second-order valence-electron chi connectivity index (χ2n) is 2.52. The van der Waals surface area contributed by atoms with Crippen LogP contribution in [0.5, 0.6) is 0 Å². The first-order valence-electron chi connectivity index (χ1n) is 3.65. The number of hydrogen-bond acceptors (Lipinski definition) is 2. The number of nitrogens with zero attached hydrogens (tertiary/aromatic N) is 1. The second-order valence-corrected chi connectivity index (χ2v) is 3.74. The molecular weight excluding hydrogens is 190 g/mol. The molecule has 0 heterocycles. The minimum Gasteiger partial charge on any atom is -0.564 e. The molecule has 5 N–H and O–H groups in total. The van der Waals surface area contributed by atoms with Crippen molar-refractivity contribution in [1.29, 1.82) is 0 Å². The van der Waals surface area contributed by atoms with Crippen LogP contribution >= 0.6 is 0 Å². The van der Waals surface area contributed by atoms with E-state index in [0.29, 0.717) is 12.2 Å². The van der Waals surface area contributed by atoms with Gasteiger partial charge >= 0.3 is 0 Å². The molecule has 0 atom stereocenters. The van der Waals surface area contributed by atoms with Crippen LogP contribution in [0.1, 0.15) is 5.56 Å². The van der Waals surface area contributed by atoms with E-state index in [2.05, 4.69) is 10.5 Å². The minimum absolute atomic E-state index is 0.333. The fourth-order valence-corrected chi connectivity index (χ4v) is 1.29. The van der Waals surface area contributed by atoms with Crippen molar-refractivity contribution >= 4 is 15.9 Å². The van der Waals surface area contributed by atoms with Gasteiger partial charge in [0.2, 0.25) is 0 Å². The van der Waals surface area contributed by atoms with E-state index in [1.165, 1.54) is 0 Å². The van der Waals surface area contributed by atoms with Crippen molar-refractivity contribution in [3.63, 3.8) is 0 Å². The van der Waals surface area contributed by atoms with E-state index in [0.717, 1.165) is 5.56 Å². The molecule has 0 aliphatic heterocycles. The third-order valence-electron chi connectivity index (χ3n) is 1.46. The average Bonchev–Trinajstić information content (AvgIpc) is 2.03. The minimum atomic E-state index is -3.79. The predicted molar refractivity (Wildman–Crippen MR) is 49.2 cm³/mol. The average molecular weight is 201 g/mol. The Labute approximate surface area is 76.9 Å². The molecule has 0 amide bonds. The number of nitrogens with two attached hydrogens (primary N) is 1. The lowest BCUT2D eigenvalue weighted by Crippen LogP contribution is -2.47. The van der Waals surface area contributed by atoms with Crippen LogP contribution in [0.25, 0.3) is 4.72 Å². The lowest BCUT2D eigenvalue weighted by atomic mass is 10.2. The number of rotatable bonds is 3. The molecule has 5 nitrogen and oxygen atoms in total. The summed E-state index contributed by atoms with van der Waals surface area (Å²) in [5.41, 5.74) is 5.04. The first kappa shape index (κ1) is 9.97. The largest absolute Gasteiger partial charge is 0.564 e. The number of hydrogen-bond donors (Lipinski definition) is 2. The maximum absolute atomic E-state index is 10.6. The number of quaternary nitrogens is 1. The second kappa shape index (κ2) is 3.73. The third-order valence-corrected chi connectivity index (χ3v) is 1.92. The van der Waals surface area contributed by atoms with Gasteiger partial charge in [-0.2, -0.15) is 0 Å². The van der Waals surface area contributed by atoms with Gasteiger partial charge in [0.15, 0.2) is 10.2 Å². The van der Waals surface area contributed by atoms with Gasteiger partial charge in [-0.25, -0.2) is 13.6 Å². The molecule has 0 aliphatic carbocycles. The van der Waals surface area contributed by atoms with Gasteiger partial charge in [-0.15, -0.1) is 5.69 Å². The first-order valence-corrected chi connectivity index (χ1v) is 5.15. The van der Waals surface area contributed by atoms with Crippen molar-refractivity contribution in [3.05, 3.63) is 34.6 Å². The highest BCUT2D eigenvalue weighted by molar-refractivity contribution is 7.92. The topological polar surface area (TPSA) is 102 Å². The molecule has 0 unspecified atom stereocenters. The quantitative estimate of drug-likeness (QED) is 0.697. The lowest BCUT2D eigenvalue weighted by Gasteiger charge is -2.17. The van der Waals surface area contributed by atoms with Crippen LogP contribution in [-0.2, 0) is 16.8 Å². The van der Waals surface area contributed by atoms with Gasteiger partial charge in [0.1, 0.15) is 0 Å². The molecule has 0 fully saturated rings. The molecule has 13 heavy (non-hydrogen) atoms. The summed E-state index contributed by atoms with van der Waals surface area (Å²) in [7, 11) is -3.79. The summed E-state index contributed by atoms with van der Waals surface area (Å²) in [6.07, 6.45) is 0. The van der Waals surface area contributed by atoms with Crippen LogP contribution in [0.15, 0.2) is 24.3 Å². The zero-order chi connectivity index (χ0) is 9.90. The van der Waals surface area contributed by atoms with Crippen LogP contribution in [0.2, 0.25) is 0 Å². The van der Waals surface area contributed by atoms with Crippen LogP contribution in [0, 0.1) is 0 Å². The predicted octanol–water partition coefficient (Wildman–Crippen LogP) is -0.363. The van der Waals surface area contributed by atoms with Gasteiger partial charge in [-0.05, 0) is 0 Å². The number of benzene rings is 1. The van der Waals surface area contributed by atoms with Crippen LogP contribution < -0.4 is 10.9 Å². The fourth-order valence-electron chi connectivity index (χ4n) is 0.870. The van der Waals surface area contributed by atoms with Gasteiger partial charge in [0.05, 0.1) is 6.54 Å². The molecule has 72 valence electrons. The molecule has 1 rings (SSSR count). The monoisotopic (exact) mass is 201 g/mol. The molecule has 0 aromatic heterocycles. The van der Waals surface area contributed by atoms with Crippen LogP contribution in [-0.4, -0.2) is 8.42 Å². The molecule has 0 saturated heterocycles. The van der Waals surface area contributed by atoms with E-state index < -0.39 is 10.2 Å². The van der Waals surface area contributed by atoms with Gasteiger partial charge in [-0.3, -0.25) is 0 Å².